The average Bonchev–Trinajstić information content (AvgIpc) is 2.17. The van der Waals surface area contributed by atoms with Crippen molar-refractivity contribution in [1.82, 2.24) is 4.98 Å². The summed E-state index contributed by atoms with van der Waals surface area (Å²) < 4.78 is 0.931. The number of pyridine rings is 1. The molecule has 1 heterocycles. The van der Waals surface area contributed by atoms with E-state index in [0.717, 1.165) is 23.9 Å². The van der Waals surface area contributed by atoms with Gasteiger partial charge in [-0.15, -0.1) is 0 Å². The van der Waals surface area contributed by atoms with Gasteiger partial charge >= 0.3 is 0 Å². The lowest BCUT2D eigenvalue weighted by Crippen LogP contribution is -2.00. The molecule has 0 aliphatic heterocycles. The first-order valence-corrected chi connectivity index (χ1v) is 5.81. The summed E-state index contributed by atoms with van der Waals surface area (Å²) in [5.41, 5.74) is 4.19. The molecule has 0 saturated heterocycles. The first-order valence-electron chi connectivity index (χ1n) is 5.40. The predicted octanol–water partition coefficient (Wildman–Crippen LogP) is 3.96. The van der Waals surface area contributed by atoms with E-state index in [2.05, 4.69) is 25.8 Å². The highest BCUT2D eigenvalue weighted by Crippen LogP contribution is 2.17. The molecule has 0 aliphatic carbocycles. The highest BCUT2D eigenvalue weighted by Gasteiger charge is 2.06. The van der Waals surface area contributed by atoms with Crippen LogP contribution in [-0.4, -0.2) is 4.98 Å². The smallest absolute Gasteiger partial charge is 0.106 e. The van der Waals surface area contributed by atoms with Gasteiger partial charge in [-0.05, 0) is 36.5 Å². The van der Waals surface area contributed by atoms with Crippen LogP contribution in [0.3, 0.4) is 0 Å². The molecule has 0 bridgehead atoms. The molecule has 0 amide bonds. The lowest BCUT2D eigenvalue weighted by Gasteiger charge is -2.11. The molecule has 14 heavy (non-hydrogen) atoms. The second-order valence-electron chi connectivity index (χ2n) is 3.76. The van der Waals surface area contributed by atoms with Crippen molar-refractivity contribution in [3.63, 3.8) is 0 Å². The topological polar surface area (TPSA) is 15.8 Å². The minimum atomic E-state index is 0.931. The van der Waals surface area contributed by atoms with Crippen molar-refractivity contribution in [2.75, 3.05) is 0 Å². The Labute approximate surface area is 91.6 Å². The van der Waals surface area contributed by atoms with Crippen LogP contribution < -0.4 is 0 Å². The van der Waals surface area contributed by atoms with Gasteiger partial charge in [0.1, 0.15) is 4.64 Å². The molecule has 1 aromatic rings. The van der Waals surface area contributed by atoms with Crippen molar-refractivity contribution in [3.05, 3.63) is 27.5 Å². The second kappa shape index (κ2) is 5.30. The van der Waals surface area contributed by atoms with Gasteiger partial charge < -0.3 is 4.98 Å². The highest BCUT2D eigenvalue weighted by molar-refractivity contribution is 7.71. The SMILES string of the molecule is CCCc1c(C)c[nH]c(=S)c1CCC. The average molecular weight is 209 g/mol. The second-order valence-corrected chi connectivity index (χ2v) is 4.17. The van der Waals surface area contributed by atoms with E-state index < -0.39 is 0 Å². The molecule has 0 aromatic carbocycles. The molecule has 1 rings (SSSR count). The minimum absolute atomic E-state index is 0.931. The summed E-state index contributed by atoms with van der Waals surface area (Å²) in [6.07, 6.45) is 6.65. The first kappa shape index (κ1) is 11.4. The maximum absolute atomic E-state index is 5.32. The Morgan fingerprint density at radius 2 is 1.71 bits per heavy atom. The Morgan fingerprint density at radius 1 is 1.14 bits per heavy atom. The van der Waals surface area contributed by atoms with Crippen LogP contribution in [0.5, 0.6) is 0 Å². The molecular formula is C12H19NS. The van der Waals surface area contributed by atoms with Gasteiger partial charge in [0.25, 0.3) is 0 Å². The zero-order chi connectivity index (χ0) is 10.6. The van der Waals surface area contributed by atoms with Crippen LogP contribution in [-0.2, 0) is 12.8 Å². The molecule has 0 unspecified atom stereocenters. The summed E-state index contributed by atoms with van der Waals surface area (Å²) in [6.45, 7) is 6.58. The number of H-pyrrole nitrogens is 1. The van der Waals surface area contributed by atoms with Crippen LogP contribution in [0.25, 0.3) is 0 Å². The third-order valence-corrected chi connectivity index (χ3v) is 2.90. The van der Waals surface area contributed by atoms with Gasteiger partial charge in [-0.25, -0.2) is 0 Å². The van der Waals surface area contributed by atoms with Gasteiger partial charge in [0.15, 0.2) is 0 Å². The lowest BCUT2D eigenvalue weighted by molar-refractivity contribution is 0.841. The Bertz CT molecular complexity index is 352. The van der Waals surface area contributed by atoms with Crippen molar-refractivity contribution >= 4 is 12.2 Å². The molecular weight excluding hydrogens is 190 g/mol. The number of hydrogen-bond acceptors (Lipinski definition) is 1. The Morgan fingerprint density at radius 3 is 2.29 bits per heavy atom. The van der Waals surface area contributed by atoms with Gasteiger partial charge in [-0.1, -0.05) is 38.9 Å². The molecule has 1 N–H and O–H groups in total. The fourth-order valence-electron chi connectivity index (χ4n) is 1.84. The van der Waals surface area contributed by atoms with Gasteiger partial charge in [0.2, 0.25) is 0 Å². The predicted molar refractivity (Wildman–Crippen MR) is 64.4 cm³/mol. The third-order valence-electron chi connectivity index (χ3n) is 2.53. The number of aromatic amines is 1. The fraction of sp³-hybridized carbons (Fsp3) is 0.583. The Balaban J connectivity index is 3.19. The summed E-state index contributed by atoms with van der Waals surface area (Å²) >= 11 is 5.32. The minimum Gasteiger partial charge on any atom is -0.352 e. The molecule has 0 radical (unpaired) electrons. The molecule has 0 spiro atoms. The molecule has 0 aliphatic rings. The number of aryl methyl sites for hydroxylation is 1. The number of nitrogens with one attached hydrogen (secondary N) is 1. The van der Waals surface area contributed by atoms with E-state index in [1.54, 1.807) is 0 Å². The van der Waals surface area contributed by atoms with Gasteiger partial charge in [-0.2, -0.15) is 0 Å². The summed E-state index contributed by atoms with van der Waals surface area (Å²) in [5, 5.41) is 0. The largest absolute Gasteiger partial charge is 0.352 e. The molecule has 1 aromatic heterocycles. The lowest BCUT2D eigenvalue weighted by atomic mass is 9.98. The van der Waals surface area contributed by atoms with E-state index in [1.165, 1.54) is 23.1 Å². The summed E-state index contributed by atoms with van der Waals surface area (Å²) in [6, 6.07) is 0. The summed E-state index contributed by atoms with van der Waals surface area (Å²) in [7, 11) is 0. The molecule has 1 nitrogen and oxygen atoms in total. The van der Waals surface area contributed by atoms with Gasteiger partial charge in [-0.3, -0.25) is 0 Å². The Hall–Kier alpha value is -0.630. The standard InChI is InChI=1S/C12H19NS/c1-4-6-10-9(3)8-13-12(14)11(10)7-5-2/h8H,4-7H2,1-3H3,(H,13,14). The van der Waals surface area contributed by atoms with Crippen molar-refractivity contribution in [2.45, 2.75) is 46.5 Å². The van der Waals surface area contributed by atoms with E-state index in [0.29, 0.717) is 0 Å². The van der Waals surface area contributed by atoms with E-state index in [1.807, 2.05) is 6.20 Å². The number of rotatable bonds is 4. The van der Waals surface area contributed by atoms with Crippen molar-refractivity contribution < 1.29 is 0 Å². The maximum Gasteiger partial charge on any atom is 0.106 e. The van der Waals surface area contributed by atoms with Crippen LogP contribution in [0.1, 0.15) is 43.4 Å². The molecule has 0 atom stereocenters. The van der Waals surface area contributed by atoms with E-state index in [4.69, 9.17) is 12.2 Å². The number of aromatic nitrogens is 1. The molecule has 0 saturated carbocycles. The van der Waals surface area contributed by atoms with E-state index >= 15 is 0 Å². The van der Waals surface area contributed by atoms with E-state index in [9.17, 15) is 0 Å². The van der Waals surface area contributed by atoms with E-state index in [-0.39, 0.29) is 0 Å². The Kier molecular flexibility index (Phi) is 4.33. The fourth-order valence-corrected chi connectivity index (χ4v) is 2.12. The molecule has 78 valence electrons. The van der Waals surface area contributed by atoms with Gasteiger partial charge in [0.05, 0.1) is 0 Å². The zero-order valence-corrected chi connectivity index (χ0v) is 10.1. The summed E-state index contributed by atoms with van der Waals surface area (Å²) in [5.74, 6) is 0. The van der Waals surface area contributed by atoms with Crippen LogP contribution in [0, 0.1) is 11.6 Å². The normalized spacial score (nSPS) is 10.5. The van der Waals surface area contributed by atoms with Gasteiger partial charge in [0, 0.05) is 6.20 Å². The maximum atomic E-state index is 5.32. The zero-order valence-electron chi connectivity index (χ0n) is 9.31. The number of hydrogen-bond donors (Lipinski definition) is 1. The van der Waals surface area contributed by atoms with Crippen molar-refractivity contribution in [1.29, 1.82) is 0 Å². The molecule has 0 fully saturated rings. The molecule has 2 heteroatoms. The van der Waals surface area contributed by atoms with Crippen LogP contribution in [0.15, 0.2) is 6.20 Å². The van der Waals surface area contributed by atoms with Crippen LogP contribution >= 0.6 is 12.2 Å². The highest BCUT2D eigenvalue weighted by atomic mass is 32.1. The third kappa shape index (κ3) is 2.44. The first-order chi connectivity index (χ1) is 6.70. The monoisotopic (exact) mass is 209 g/mol. The van der Waals surface area contributed by atoms with Crippen molar-refractivity contribution in [2.24, 2.45) is 0 Å². The van der Waals surface area contributed by atoms with Crippen LogP contribution in [0.4, 0.5) is 0 Å². The summed E-state index contributed by atoms with van der Waals surface area (Å²) in [4.78, 5) is 3.17. The van der Waals surface area contributed by atoms with Crippen LogP contribution in [0.2, 0.25) is 0 Å². The van der Waals surface area contributed by atoms with Crippen molar-refractivity contribution in [3.8, 4) is 0 Å². The quantitative estimate of drug-likeness (QED) is 0.742.